The van der Waals surface area contributed by atoms with Crippen LogP contribution in [0.25, 0.3) is 0 Å². The van der Waals surface area contributed by atoms with Gasteiger partial charge in [0.15, 0.2) is 0 Å². The molecule has 2 rings (SSSR count). The SMILES string of the molecule is CC(C)Cn1cnnc1[C@@H]1CC[C@H](N)C1. The van der Waals surface area contributed by atoms with Crippen LogP contribution in [0.4, 0.5) is 0 Å². The minimum absolute atomic E-state index is 0.360. The quantitative estimate of drug-likeness (QED) is 0.819. The largest absolute Gasteiger partial charge is 0.328 e. The Bertz CT molecular complexity index is 318. The van der Waals surface area contributed by atoms with Crippen LogP contribution in [-0.2, 0) is 6.54 Å². The van der Waals surface area contributed by atoms with Crippen molar-refractivity contribution in [2.45, 2.75) is 51.6 Å². The van der Waals surface area contributed by atoms with Crippen LogP contribution in [0.2, 0.25) is 0 Å². The van der Waals surface area contributed by atoms with E-state index in [4.69, 9.17) is 5.73 Å². The van der Waals surface area contributed by atoms with Crippen molar-refractivity contribution in [2.75, 3.05) is 0 Å². The van der Waals surface area contributed by atoms with Gasteiger partial charge < -0.3 is 10.3 Å². The molecule has 0 aliphatic heterocycles. The van der Waals surface area contributed by atoms with Gasteiger partial charge in [-0.15, -0.1) is 10.2 Å². The van der Waals surface area contributed by atoms with Crippen LogP contribution in [0.3, 0.4) is 0 Å². The first kappa shape index (κ1) is 10.6. The zero-order valence-electron chi connectivity index (χ0n) is 9.56. The highest BCUT2D eigenvalue weighted by molar-refractivity contribution is 5.01. The van der Waals surface area contributed by atoms with Crippen molar-refractivity contribution in [1.82, 2.24) is 14.8 Å². The molecule has 2 atom stereocenters. The number of rotatable bonds is 3. The van der Waals surface area contributed by atoms with E-state index in [2.05, 4.69) is 28.6 Å². The summed E-state index contributed by atoms with van der Waals surface area (Å²) in [7, 11) is 0. The number of nitrogens with zero attached hydrogens (tertiary/aromatic N) is 3. The lowest BCUT2D eigenvalue weighted by Crippen LogP contribution is -2.16. The molecule has 15 heavy (non-hydrogen) atoms. The van der Waals surface area contributed by atoms with Crippen molar-refractivity contribution < 1.29 is 0 Å². The summed E-state index contributed by atoms with van der Waals surface area (Å²) in [5.74, 6) is 2.30. The Balaban J connectivity index is 2.10. The lowest BCUT2D eigenvalue weighted by atomic mass is 10.1. The van der Waals surface area contributed by atoms with Gasteiger partial charge in [0.1, 0.15) is 12.2 Å². The summed E-state index contributed by atoms with van der Waals surface area (Å²) in [5, 5.41) is 8.26. The van der Waals surface area contributed by atoms with Crippen molar-refractivity contribution in [3.05, 3.63) is 12.2 Å². The van der Waals surface area contributed by atoms with Gasteiger partial charge in [-0.3, -0.25) is 0 Å². The smallest absolute Gasteiger partial charge is 0.135 e. The van der Waals surface area contributed by atoms with Crippen LogP contribution in [-0.4, -0.2) is 20.8 Å². The topological polar surface area (TPSA) is 56.7 Å². The molecule has 4 nitrogen and oxygen atoms in total. The third kappa shape index (κ3) is 2.37. The summed E-state index contributed by atoms with van der Waals surface area (Å²) in [4.78, 5) is 0. The number of aromatic nitrogens is 3. The van der Waals surface area contributed by atoms with Gasteiger partial charge in [-0.25, -0.2) is 0 Å². The maximum Gasteiger partial charge on any atom is 0.135 e. The molecule has 0 amide bonds. The lowest BCUT2D eigenvalue weighted by molar-refractivity contribution is 0.486. The van der Waals surface area contributed by atoms with Crippen molar-refractivity contribution in [2.24, 2.45) is 11.7 Å². The van der Waals surface area contributed by atoms with Crippen LogP contribution < -0.4 is 5.73 Å². The summed E-state index contributed by atoms with van der Waals surface area (Å²) in [6.45, 7) is 5.43. The second kappa shape index (κ2) is 4.31. The van der Waals surface area contributed by atoms with Crippen LogP contribution in [0.5, 0.6) is 0 Å². The Labute approximate surface area is 90.9 Å². The van der Waals surface area contributed by atoms with E-state index in [-0.39, 0.29) is 0 Å². The van der Waals surface area contributed by atoms with E-state index < -0.39 is 0 Å². The Hall–Kier alpha value is -0.900. The third-order valence-electron chi connectivity index (χ3n) is 3.05. The minimum Gasteiger partial charge on any atom is -0.328 e. The van der Waals surface area contributed by atoms with Crippen LogP contribution >= 0.6 is 0 Å². The van der Waals surface area contributed by atoms with E-state index in [1.165, 1.54) is 0 Å². The molecular formula is C11H20N4. The van der Waals surface area contributed by atoms with Crippen molar-refractivity contribution in [3.63, 3.8) is 0 Å². The molecule has 84 valence electrons. The summed E-state index contributed by atoms with van der Waals surface area (Å²) >= 11 is 0. The predicted molar refractivity (Wildman–Crippen MR) is 59.4 cm³/mol. The Kier molecular flexibility index (Phi) is 3.05. The monoisotopic (exact) mass is 208 g/mol. The second-order valence-electron chi connectivity index (χ2n) is 5.01. The fraction of sp³-hybridized carbons (Fsp3) is 0.818. The first-order valence-electron chi connectivity index (χ1n) is 5.80. The standard InChI is InChI=1S/C11H20N4/c1-8(2)6-15-7-13-14-11(15)9-3-4-10(12)5-9/h7-10H,3-6,12H2,1-2H3/t9-,10+/m1/s1. The van der Waals surface area contributed by atoms with E-state index in [1.54, 1.807) is 0 Å². The number of hydrogen-bond acceptors (Lipinski definition) is 3. The molecular weight excluding hydrogens is 188 g/mol. The molecule has 1 aliphatic rings. The average molecular weight is 208 g/mol. The number of hydrogen-bond donors (Lipinski definition) is 1. The van der Waals surface area contributed by atoms with E-state index >= 15 is 0 Å². The van der Waals surface area contributed by atoms with Gasteiger partial charge in [0.05, 0.1) is 0 Å². The molecule has 1 saturated carbocycles. The lowest BCUT2D eigenvalue weighted by Gasteiger charge is -2.13. The molecule has 0 bridgehead atoms. The Morgan fingerprint density at radius 3 is 2.93 bits per heavy atom. The summed E-state index contributed by atoms with van der Waals surface area (Å²) in [6.07, 6.45) is 5.20. The van der Waals surface area contributed by atoms with Crippen molar-refractivity contribution in [3.8, 4) is 0 Å². The van der Waals surface area contributed by atoms with E-state index in [9.17, 15) is 0 Å². The number of nitrogens with two attached hydrogens (primary N) is 1. The Morgan fingerprint density at radius 1 is 1.53 bits per heavy atom. The van der Waals surface area contributed by atoms with Gasteiger partial charge in [0.2, 0.25) is 0 Å². The van der Waals surface area contributed by atoms with Crippen molar-refractivity contribution in [1.29, 1.82) is 0 Å². The molecule has 4 heteroatoms. The molecule has 1 aromatic heterocycles. The maximum absolute atomic E-state index is 5.93. The van der Waals surface area contributed by atoms with Gasteiger partial charge >= 0.3 is 0 Å². The van der Waals surface area contributed by atoms with E-state index in [1.807, 2.05) is 6.33 Å². The predicted octanol–water partition coefficient (Wildman–Crippen LogP) is 1.53. The van der Waals surface area contributed by atoms with Crippen molar-refractivity contribution >= 4 is 0 Å². The van der Waals surface area contributed by atoms with Gasteiger partial charge in [0.25, 0.3) is 0 Å². The molecule has 0 unspecified atom stereocenters. The van der Waals surface area contributed by atoms with Crippen LogP contribution in [0, 0.1) is 5.92 Å². The minimum atomic E-state index is 0.360. The van der Waals surface area contributed by atoms with E-state index in [0.717, 1.165) is 31.6 Å². The van der Waals surface area contributed by atoms with Crippen LogP contribution in [0.15, 0.2) is 6.33 Å². The second-order valence-corrected chi connectivity index (χ2v) is 5.01. The molecule has 1 fully saturated rings. The fourth-order valence-corrected chi connectivity index (χ4v) is 2.37. The molecule has 0 spiro atoms. The maximum atomic E-state index is 5.93. The van der Waals surface area contributed by atoms with Gasteiger partial charge in [-0.05, 0) is 25.2 Å². The molecule has 2 N–H and O–H groups in total. The zero-order valence-corrected chi connectivity index (χ0v) is 9.56. The highest BCUT2D eigenvalue weighted by Gasteiger charge is 2.27. The average Bonchev–Trinajstić information content (AvgIpc) is 2.72. The normalized spacial score (nSPS) is 26.4. The first-order chi connectivity index (χ1) is 7.16. The highest BCUT2D eigenvalue weighted by atomic mass is 15.3. The van der Waals surface area contributed by atoms with Gasteiger partial charge in [-0.2, -0.15) is 0 Å². The zero-order chi connectivity index (χ0) is 10.8. The van der Waals surface area contributed by atoms with Gasteiger partial charge in [0, 0.05) is 18.5 Å². The van der Waals surface area contributed by atoms with Gasteiger partial charge in [-0.1, -0.05) is 13.8 Å². The Morgan fingerprint density at radius 2 is 2.33 bits per heavy atom. The highest BCUT2D eigenvalue weighted by Crippen LogP contribution is 2.32. The molecule has 1 aromatic rings. The van der Waals surface area contributed by atoms with E-state index in [0.29, 0.717) is 17.9 Å². The molecule has 0 aromatic carbocycles. The summed E-state index contributed by atoms with van der Waals surface area (Å²) in [6, 6.07) is 0.360. The summed E-state index contributed by atoms with van der Waals surface area (Å²) in [5.41, 5.74) is 5.93. The molecule has 1 heterocycles. The molecule has 0 saturated heterocycles. The first-order valence-corrected chi connectivity index (χ1v) is 5.80. The molecule has 0 radical (unpaired) electrons. The molecule has 1 aliphatic carbocycles. The van der Waals surface area contributed by atoms with Crippen LogP contribution in [0.1, 0.15) is 44.9 Å². The third-order valence-corrected chi connectivity index (χ3v) is 3.05. The summed E-state index contributed by atoms with van der Waals surface area (Å²) < 4.78 is 2.19. The fourth-order valence-electron chi connectivity index (χ4n) is 2.37.